The highest BCUT2D eigenvalue weighted by Gasteiger charge is 2.20. The number of halogens is 4. The second kappa shape index (κ2) is 6.50. The van der Waals surface area contributed by atoms with Crippen LogP contribution in [-0.2, 0) is 0 Å². The van der Waals surface area contributed by atoms with Crippen molar-refractivity contribution in [1.29, 1.82) is 0 Å². The number of aryl methyl sites for hydroxylation is 1. The zero-order valence-corrected chi connectivity index (χ0v) is 12.4. The molecule has 2 aromatic rings. The van der Waals surface area contributed by atoms with Gasteiger partial charge >= 0.3 is 0 Å². The van der Waals surface area contributed by atoms with E-state index in [4.69, 9.17) is 11.6 Å². The summed E-state index contributed by atoms with van der Waals surface area (Å²) >= 11 is 5.98. The van der Waals surface area contributed by atoms with Gasteiger partial charge in [-0.2, -0.15) is 0 Å². The molecule has 21 heavy (non-hydrogen) atoms. The van der Waals surface area contributed by atoms with Crippen LogP contribution < -0.4 is 5.32 Å². The molecule has 2 aromatic carbocycles. The first-order valence-corrected chi connectivity index (χ1v) is 6.95. The fraction of sp³-hybridized carbons (Fsp3) is 0.250. The maximum atomic E-state index is 14.0. The Morgan fingerprint density at radius 1 is 1.05 bits per heavy atom. The van der Waals surface area contributed by atoms with E-state index in [-0.39, 0.29) is 5.56 Å². The minimum absolute atomic E-state index is 0.0671. The summed E-state index contributed by atoms with van der Waals surface area (Å²) in [5, 5.41) is 3.67. The van der Waals surface area contributed by atoms with E-state index in [0.717, 1.165) is 17.2 Å². The van der Waals surface area contributed by atoms with Crippen molar-refractivity contribution in [2.75, 3.05) is 6.54 Å². The van der Waals surface area contributed by atoms with E-state index in [1.54, 1.807) is 18.2 Å². The summed E-state index contributed by atoms with van der Waals surface area (Å²) in [6, 6.07) is 6.13. The first-order chi connectivity index (χ1) is 9.93. The number of rotatable bonds is 4. The molecule has 0 saturated heterocycles. The molecule has 0 radical (unpaired) electrons. The Labute approximate surface area is 126 Å². The summed E-state index contributed by atoms with van der Waals surface area (Å²) in [7, 11) is 0. The highest BCUT2D eigenvalue weighted by molar-refractivity contribution is 6.31. The molecule has 0 bridgehead atoms. The van der Waals surface area contributed by atoms with E-state index in [1.807, 2.05) is 13.8 Å². The molecular weight excluding hydrogens is 299 g/mol. The van der Waals surface area contributed by atoms with Crippen LogP contribution in [0.2, 0.25) is 5.02 Å². The SMILES string of the molecule is CCNC(c1ccc(Cl)c(C)c1)c1cc(F)c(F)cc1F. The Balaban J connectivity index is 2.52. The molecule has 1 unspecified atom stereocenters. The molecule has 0 aliphatic carbocycles. The smallest absolute Gasteiger partial charge is 0.161 e. The minimum Gasteiger partial charge on any atom is -0.306 e. The van der Waals surface area contributed by atoms with Crippen LogP contribution in [0.3, 0.4) is 0 Å². The lowest BCUT2D eigenvalue weighted by atomic mass is 9.96. The molecule has 1 nitrogen and oxygen atoms in total. The Morgan fingerprint density at radius 3 is 2.33 bits per heavy atom. The highest BCUT2D eigenvalue weighted by atomic mass is 35.5. The van der Waals surface area contributed by atoms with Crippen molar-refractivity contribution < 1.29 is 13.2 Å². The maximum absolute atomic E-state index is 14.0. The largest absolute Gasteiger partial charge is 0.306 e. The third kappa shape index (κ3) is 3.39. The summed E-state index contributed by atoms with van der Waals surface area (Å²) in [4.78, 5) is 0. The third-order valence-corrected chi connectivity index (χ3v) is 3.70. The molecule has 0 spiro atoms. The Bertz CT molecular complexity index is 658. The van der Waals surface area contributed by atoms with E-state index < -0.39 is 23.5 Å². The van der Waals surface area contributed by atoms with E-state index in [1.165, 1.54) is 0 Å². The van der Waals surface area contributed by atoms with Crippen LogP contribution in [0.15, 0.2) is 30.3 Å². The quantitative estimate of drug-likeness (QED) is 0.802. The lowest BCUT2D eigenvalue weighted by Gasteiger charge is -2.20. The van der Waals surface area contributed by atoms with Gasteiger partial charge in [-0.3, -0.25) is 0 Å². The average molecular weight is 314 g/mol. The summed E-state index contributed by atoms with van der Waals surface area (Å²) in [5.41, 5.74) is 1.64. The van der Waals surface area contributed by atoms with Gasteiger partial charge < -0.3 is 5.32 Å². The molecule has 0 saturated carbocycles. The van der Waals surface area contributed by atoms with Gasteiger partial charge in [-0.05, 0) is 36.7 Å². The van der Waals surface area contributed by atoms with Gasteiger partial charge in [0.15, 0.2) is 11.6 Å². The van der Waals surface area contributed by atoms with Gasteiger partial charge in [-0.1, -0.05) is 30.7 Å². The van der Waals surface area contributed by atoms with Gasteiger partial charge in [0.05, 0.1) is 6.04 Å². The number of nitrogens with one attached hydrogen (secondary N) is 1. The van der Waals surface area contributed by atoms with Crippen LogP contribution in [0.4, 0.5) is 13.2 Å². The van der Waals surface area contributed by atoms with Crippen molar-refractivity contribution >= 4 is 11.6 Å². The van der Waals surface area contributed by atoms with E-state index in [2.05, 4.69) is 5.32 Å². The van der Waals surface area contributed by atoms with Gasteiger partial charge in [0.25, 0.3) is 0 Å². The Hall–Kier alpha value is -1.52. The minimum atomic E-state index is -1.20. The monoisotopic (exact) mass is 313 g/mol. The second-order valence-electron chi connectivity index (χ2n) is 4.79. The predicted octanol–water partition coefficient (Wildman–Crippen LogP) is 4.76. The van der Waals surface area contributed by atoms with Gasteiger partial charge in [0, 0.05) is 16.7 Å². The fourth-order valence-corrected chi connectivity index (χ4v) is 2.34. The van der Waals surface area contributed by atoms with Crippen molar-refractivity contribution in [2.24, 2.45) is 0 Å². The van der Waals surface area contributed by atoms with Gasteiger partial charge in [0.1, 0.15) is 5.82 Å². The summed E-state index contributed by atoms with van der Waals surface area (Å²) in [6.07, 6.45) is 0. The van der Waals surface area contributed by atoms with Gasteiger partial charge in [-0.15, -0.1) is 0 Å². The molecule has 0 aliphatic rings. The Morgan fingerprint density at radius 2 is 1.71 bits per heavy atom. The molecule has 1 N–H and O–H groups in total. The van der Waals surface area contributed by atoms with Crippen molar-refractivity contribution in [3.05, 3.63) is 69.5 Å². The molecule has 112 valence electrons. The summed E-state index contributed by atoms with van der Waals surface area (Å²) in [6.45, 7) is 4.23. The first kappa shape index (κ1) is 15.9. The zero-order chi connectivity index (χ0) is 15.6. The standard InChI is InChI=1S/C16H15ClF3N/c1-3-21-16(10-4-5-12(17)9(2)6-10)11-7-14(19)15(20)8-13(11)18/h4-8,16,21H,3H2,1-2H3. The van der Waals surface area contributed by atoms with Crippen LogP contribution in [0, 0.1) is 24.4 Å². The number of benzene rings is 2. The molecule has 2 rings (SSSR count). The molecular formula is C16H15ClF3N. The van der Waals surface area contributed by atoms with E-state index >= 15 is 0 Å². The van der Waals surface area contributed by atoms with Crippen LogP contribution in [-0.4, -0.2) is 6.54 Å². The fourth-order valence-electron chi connectivity index (χ4n) is 2.22. The van der Waals surface area contributed by atoms with Crippen LogP contribution >= 0.6 is 11.6 Å². The molecule has 0 heterocycles. The van der Waals surface area contributed by atoms with Crippen molar-refractivity contribution in [1.82, 2.24) is 5.32 Å². The normalized spacial score (nSPS) is 12.5. The first-order valence-electron chi connectivity index (χ1n) is 6.58. The van der Waals surface area contributed by atoms with Gasteiger partial charge in [0.2, 0.25) is 0 Å². The second-order valence-corrected chi connectivity index (χ2v) is 5.19. The maximum Gasteiger partial charge on any atom is 0.161 e. The zero-order valence-electron chi connectivity index (χ0n) is 11.7. The van der Waals surface area contributed by atoms with Gasteiger partial charge in [-0.25, -0.2) is 13.2 Å². The lowest BCUT2D eigenvalue weighted by molar-refractivity contribution is 0.481. The Kier molecular flexibility index (Phi) is 4.91. The van der Waals surface area contributed by atoms with Crippen LogP contribution in [0.25, 0.3) is 0 Å². The van der Waals surface area contributed by atoms with Crippen molar-refractivity contribution in [3.63, 3.8) is 0 Å². The average Bonchev–Trinajstić information content (AvgIpc) is 2.44. The van der Waals surface area contributed by atoms with E-state index in [9.17, 15) is 13.2 Å². The lowest BCUT2D eigenvalue weighted by Crippen LogP contribution is -2.23. The highest BCUT2D eigenvalue weighted by Crippen LogP contribution is 2.28. The summed E-state index contributed by atoms with van der Waals surface area (Å²) < 4.78 is 40.5. The van der Waals surface area contributed by atoms with Crippen LogP contribution in [0.1, 0.15) is 29.7 Å². The molecule has 0 amide bonds. The van der Waals surface area contributed by atoms with E-state index in [0.29, 0.717) is 17.6 Å². The molecule has 1 atom stereocenters. The summed E-state index contributed by atoms with van der Waals surface area (Å²) in [5.74, 6) is -3.05. The topological polar surface area (TPSA) is 12.0 Å². The van der Waals surface area contributed by atoms with Crippen molar-refractivity contribution in [2.45, 2.75) is 19.9 Å². The number of hydrogen-bond acceptors (Lipinski definition) is 1. The third-order valence-electron chi connectivity index (χ3n) is 3.27. The molecule has 0 aliphatic heterocycles. The van der Waals surface area contributed by atoms with Crippen LogP contribution in [0.5, 0.6) is 0 Å². The van der Waals surface area contributed by atoms with Crippen molar-refractivity contribution in [3.8, 4) is 0 Å². The number of hydrogen-bond donors (Lipinski definition) is 1. The predicted molar refractivity (Wildman–Crippen MR) is 78.0 cm³/mol. The molecule has 0 aromatic heterocycles. The molecule has 0 fully saturated rings. The molecule has 5 heteroatoms.